The molecule has 1 nitrogen and oxygen atoms in total. The first-order valence-corrected chi connectivity index (χ1v) is 2.86. The van der Waals surface area contributed by atoms with E-state index in [1.54, 1.807) is 12.2 Å². The third-order valence-corrected chi connectivity index (χ3v) is 0.471. The van der Waals surface area contributed by atoms with Crippen LogP contribution in [0.5, 0.6) is 0 Å². The Balaban J connectivity index is 0. The van der Waals surface area contributed by atoms with Gasteiger partial charge >= 0.3 is 7.54 Å². The second-order valence-electron chi connectivity index (χ2n) is 1.36. The summed E-state index contributed by atoms with van der Waals surface area (Å²) in [5.74, 6) is 0. The van der Waals surface area contributed by atoms with Crippen molar-refractivity contribution in [2.24, 2.45) is 0 Å². The molecule has 0 amide bonds. The molecule has 0 spiro atoms. The van der Waals surface area contributed by atoms with Gasteiger partial charge in [-0.2, -0.15) is 0 Å². The van der Waals surface area contributed by atoms with Gasteiger partial charge in [-0.25, -0.2) is 0 Å². The molecule has 0 atom stereocenters. The topological polar surface area (TPSA) is 9.23 Å². The van der Waals surface area contributed by atoms with Crippen molar-refractivity contribution in [2.45, 2.75) is 0 Å². The van der Waals surface area contributed by atoms with Gasteiger partial charge in [0.15, 0.2) is 0 Å². The molecule has 64 valence electrons. The minimum atomic E-state index is -3.67. The molecule has 0 heterocycles. The Morgan fingerprint density at radius 2 is 1.36 bits per heavy atom. The van der Waals surface area contributed by atoms with Gasteiger partial charge in [0.2, 0.25) is 0 Å². The first-order valence-electron chi connectivity index (χ1n) is 2.86. The zero-order valence-corrected chi connectivity index (χ0v) is 6.10. The third-order valence-electron chi connectivity index (χ3n) is 0.471. The van der Waals surface area contributed by atoms with Gasteiger partial charge in [-0.3, -0.25) is 12.9 Å². The maximum absolute atomic E-state index is 9.67. The van der Waals surface area contributed by atoms with Gasteiger partial charge in [0, 0.05) is 0 Å². The molecule has 0 saturated heterocycles. The fourth-order valence-corrected chi connectivity index (χ4v) is 0.235. The van der Waals surface area contributed by atoms with Crippen molar-refractivity contribution in [3.05, 3.63) is 25.3 Å². The van der Waals surface area contributed by atoms with Crippen LogP contribution in [-0.4, -0.2) is 20.8 Å². The summed E-state index contributed by atoms with van der Waals surface area (Å²) >= 11 is 0. The molecule has 0 unspecified atom stereocenters. The van der Waals surface area contributed by atoms with Crippen LogP contribution in [0.25, 0.3) is 0 Å². The van der Waals surface area contributed by atoms with E-state index in [4.69, 9.17) is 4.74 Å². The molecular weight excluding hydrogens is 156 g/mol. The number of halogens is 3. The van der Waals surface area contributed by atoms with Gasteiger partial charge in [-0.15, -0.1) is 13.2 Å². The quantitative estimate of drug-likeness (QED) is 0.353. The largest absolute Gasteiger partial charge is 0.762 e. The van der Waals surface area contributed by atoms with E-state index in [1.165, 1.54) is 0 Å². The second-order valence-corrected chi connectivity index (χ2v) is 1.36. The predicted molar refractivity (Wildman–Crippen MR) is 40.3 cm³/mol. The second kappa shape index (κ2) is 12.0. The summed E-state index contributed by atoms with van der Waals surface area (Å²) in [6.45, 7) is 8.18. The van der Waals surface area contributed by atoms with E-state index in [2.05, 4.69) is 13.2 Å². The smallest absolute Gasteiger partial charge is 0.373 e. The van der Waals surface area contributed by atoms with Gasteiger partial charge in [-0.05, 0) is 0 Å². The summed E-state index contributed by atoms with van der Waals surface area (Å²) in [7, 11) is -3.67. The highest BCUT2D eigenvalue weighted by molar-refractivity contribution is 6.33. The summed E-state index contributed by atoms with van der Waals surface area (Å²) in [6, 6.07) is 0. The van der Waals surface area contributed by atoms with E-state index in [1.807, 2.05) is 0 Å². The minimum Gasteiger partial charge on any atom is -0.373 e. The molecule has 0 saturated carbocycles. The number of ether oxygens (including phenoxy) is 1. The number of hydrogen-bond donors (Lipinski definition) is 0. The lowest BCUT2D eigenvalue weighted by molar-refractivity contribution is 0.194. The average molecular weight is 166 g/mol. The van der Waals surface area contributed by atoms with Crippen LogP contribution < -0.4 is 0 Å². The van der Waals surface area contributed by atoms with Crippen LogP contribution in [0.1, 0.15) is 0 Å². The molecule has 0 aromatic heterocycles. The first-order chi connectivity index (χ1) is 5.15. The summed E-state index contributed by atoms with van der Waals surface area (Å²) in [6.07, 6.45) is 3.42. The van der Waals surface area contributed by atoms with E-state index in [9.17, 15) is 12.9 Å². The zero-order valence-electron chi connectivity index (χ0n) is 6.10. The van der Waals surface area contributed by atoms with Crippen molar-refractivity contribution in [3.8, 4) is 0 Å². The van der Waals surface area contributed by atoms with Crippen molar-refractivity contribution in [3.63, 3.8) is 0 Å². The zero-order chi connectivity index (χ0) is 9.11. The summed E-state index contributed by atoms with van der Waals surface area (Å²) < 4.78 is 33.9. The van der Waals surface area contributed by atoms with Crippen molar-refractivity contribution in [1.82, 2.24) is 0 Å². The molecule has 0 aliphatic carbocycles. The molecule has 0 N–H and O–H groups in total. The van der Waals surface area contributed by atoms with E-state index in [-0.39, 0.29) is 0 Å². The minimum absolute atomic E-state index is 0.617. The molecular formula is C6H10BF3O. The number of hydrogen-bond acceptors (Lipinski definition) is 1. The SMILES string of the molecule is C=CCOCC=C.FB(F)F. The molecule has 0 aromatic rings. The molecule has 0 aliphatic rings. The Labute approximate surface area is 64.8 Å². The van der Waals surface area contributed by atoms with Crippen LogP contribution in [0.2, 0.25) is 0 Å². The number of rotatable bonds is 4. The Kier molecular flexibility index (Phi) is 14.1. The van der Waals surface area contributed by atoms with E-state index in [0.717, 1.165) is 0 Å². The Hall–Kier alpha value is -0.705. The highest BCUT2D eigenvalue weighted by Crippen LogP contribution is 1.80. The molecule has 11 heavy (non-hydrogen) atoms. The first kappa shape index (κ1) is 12.9. The molecule has 0 bridgehead atoms. The van der Waals surface area contributed by atoms with Crippen LogP contribution >= 0.6 is 0 Å². The highest BCUT2D eigenvalue weighted by Gasteiger charge is 2.06. The van der Waals surface area contributed by atoms with Gasteiger partial charge in [0.25, 0.3) is 0 Å². The van der Waals surface area contributed by atoms with Gasteiger partial charge in [0.1, 0.15) is 0 Å². The van der Waals surface area contributed by atoms with Gasteiger partial charge in [0.05, 0.1) is 13.2 Å². The lowest BCUT2D eigenvalue weighted by Crippen LogP contribution is -1.87. The predicted octanol–water partition coefficient (Wildman–Crippen LogP) is 2.25. The fraction of sp³-hybridized carbons (Fsp3) is 0.333. The summed E-state index contributed by atoms with van der Waals surface area (Å²) in [5, 5.41) is 0. The Bertz CT molecular complexity index is 87.1. The third kappa shape index (κ3) is 45.6. The van der Waals surface area contributed by atoms with Crippen LogP contribution in [0, 0.1) is 0 Å². The van der Waals surface area contributed by atoms with E-state index >= 15 is 0 Å². The summed E-state index contributed by atoms with van der Waals surface area (Å²) in [5.41, 5.74) is 0. The van der Waals surface area contributed by atoms with Crippen LogP contribution in [0.4, 0.5) is 12.9 Å². The van der Waals surface area contributed by atoms with Crippen LogP contribution in [0.15, 0.2) is 25.3 Å². The van der Waals surface area contributed by atoms with Crippen LogP contribution in [-0.2, 0) is 4.74 Å². The maximum atomic E-state index is 9.67. The molecule has 0 rings (SSSR count). The van der Waals surface area contributed by atoms with Gasteiger partial charge < -0.3 is 4.74 Å². The van der Waals surface area contributed by atoms with Crippen molar-refractivity contribution < 1.29 is 17.7 Å². The van der Waals surface area contributed by atoms with Crippen molar-refractivity contribution >= 4 is 7.54 Å². The Morgan fingerprint density at radius 3 is 1.55 bits per heavy atom. The van der Waals surface area contributed by atoms with E-state index < -0.39 is 7.54 Å². The molecule has 0 fully saturated rings. The van der Waals surface area contributed by atoms with Crippen molar-refractivity contribution in [1.29, 1.82) is 0 Å². The molecule has 5 heteroatoms. The standard InChI is InChI=1S/C6H10O.BF3/c1-3-5-7-6-4-2;2-1(3)4/h3-4H,1-2,5-6H2;. The monoisotopic (exact) mass is 166 g/mol. The molecule has 0 aromatic carbocycles. The molecule has 0 aliphatic heterocycles. The Morgan fingerprint density at radius 1 is 1.09 bits per heavy atom. The van der Waals surface area contributed by atoms with Crippen molar-refractivity contribution in [2.75, 3.05) is 13.2 Å². The fourth-order valence-electron chi connectivity index (χ4n) is 0.235. The highest BCUT2D eigenvalue weighted by atomic mass is 19.4. The average Bonchev–Trinajstić information content (AvgIpc) is 1.88. The van der Waals surface area contributed by atoms with E-state index in [0.29, 0.717) is 13.2 Å². The normalized spacial score (nSPS) is 7.55. The maximum Gasteiger partial charge on any atom is 0.762 e. The molecule has 0 radical (unpaired) electrons. The lowest BCUT2D eigenvalue weighted by Gasteiger charge is -1.89. The van der Waals surface area contributed by atoms with Crippen LogP contribution in [0.3, 0.4) is 0 Å². The lowest BCUT2D eigenvalue weighted by atomic mass is 10.5. The summed E-state index contributed by atoms with van der Waals surface area (Å²) in [4.78, 5) is 0. The van der Waals surface area contributed by atoms with Gasteiger partial charge in [-0.1, -0.05) is 12.2 Å².